The molecule has 1 aromatic heterocycles. The van der Waals surface area contributed by atoms with E-state index in [1.807, 2.05) is 32.9 Å². The van der Waals surface area contributed by atoms with Crippen LogP contribution in [-0.2, 0) is 19.6 Å². The Labute approximate surface area is 288 Å². The first-order valence-electron chi connectivity index (χ1n) is 16.1. The number of nitrogens with zero attached hydrogens (tertiary/aromatic N) is 5. The van der Waals surface area contributed by atoms with E-state index in [0.717, 1.165) is 51.0 Å². The van der Waals surface area contributed by atoms with Gasteiger partial charge in [-0.05, 0) is 76.1 Å². The summed E-state index contributed by atoms with van der Waals surface area (Å²) in [6.45, 7) is 9.95. The molecule has 2 aliphatic rings. The van der Waals surface area contributed by atoms with E-state index in [1.165, 1.54) is 24.0 Å². The number of benzene rings is 2. The molecule has 48 heavy (non-hydrogen) atoms. The van der Waals surface area contributed by atoms with Gasteiger partial charge in [-0.2, -0.15) is 4.98 Å². The highest BCUT2D eigenvalue weighted by molar-refractivity contribution is 7.92. The number of likely N-dealkylation sites (tertiary alicyclic amines) is 1. The highest BCUT2D eigenvalue weighted by Crippen LogP contribution is 2.36. The molecule has 0 amide bonds. The summed E-state index contributed by atoms with van der Waals surface area (Å²) in [4.78, 5) is 25.6. The molecule has 5 rings (SSSR count). The fourth-order valence-corrected chi connectivity index (χ4v) is 6.84. The number of anilines is 6. The molecule has 14 heteroatoms. The molecule has 0 atom stereocenters. The Bertz CT molecular complexity index is 1700. The number of esters is 1. The fourth-order valence-electron chi connectivity index (χ4n) is 6.19. The molecular weight excluding hydrogens is 654 g/mol. The van der Waals surface area contributed by atoms with Crippen molar-refractivity contribution >= 4 is 62.1 Å². The smallest absolute Gasteiger partial charge is 0.320 e. The van der Waals surface area contributed by atoms with Crippen LogP contribution in [0.5, 0.6) is 5.75 Å². The van der Waals surface area contributed by atoms with Crippen molar-refractivity contribution in [1.29, 1.82) is 0 Å². The van der Waals surface area contributed by atoms with E-state index >= 15 is 0 Å². The van der Waals surface area contributed by atoms with E-state index in [4.69, 9.17) is 21.1 Å². The minimum absolute atomic E-state index is 0.147. The van der Waals surface area contributed by atoms with E-state index in [1.54, 1.807) is 31.4 Å². The standard InChI is InChI=1S/C34H46ClN7O5S/c1-34(2,3)47-31(43)22-41-20-24(21-41)17-23-13-15-42(16-14-23)25-11-12-28(30(18-25)46-5)38-33-36-19-26(35)32(39-33)37-27-9-7-8-10-29(27)40(4)48(6,44)45/h7-12,18-19,23-24H,13-17,20-22H2,1-6H3,(H2,36,37,38,39). The van der Waals surface area contributed by atoms with Gasteiger partial charge in [-0.15, -0.1) is 0 Å². The number of piperidine rings is 1. The molecule has 2 aromatic carbocycles. The monoisotopic (exact) mass is 699 g/mol. The van der Waals surface area contributed by atoms with E-state index in [-0.39, 0.29) is 11.0 Å². The van der Waals surface area contributed by atoms with Gasteiger partial charge in [-0.25, -0.2) is 13.4 Å². The summed E-state index contributed by atoms with van der Waals surface area (Å²) in [6, 6.07) is 13.0. The summed E-state index contributed by atoms with van der Waals surface area (Å²) >= 11 is 6.43. The molecule has 2 saturated heterocycles. The number of halogens is 1. The number of carbonyl (C=O) groups is 1. The van der Waals surface area contributed by atoms with Gasteiger partial charge in [0.25, 0.3) is 0 Å². The number of sulfonamides is 1. The van der Waals surface area contributed by atoms with Crippen molar-refractivity contribution in [3.63, 3.8) is 0 Å². The molecule has 2 aliphatic heterocycles. The second-order valence-electron chi connectivity index (χ2n) is 13.6. The SMILES string of the molecule is COc1cc(N2CCC(CC3CN(CC(=O)OC(C)(C)C)C3)CC2)ccc1Nc1ncc(Cl)c(Nc2ccccc2N(C)S(C)(=O)=O)n1. The maximum absolute atomic E-state index is 12.2. The van der Waals surface area contributed by atoms with Crippen LogP contribution in [0.15, 0.2) is 48.7 Å². The van der Waals surface area contributed by atoms with E-state index in [0.29, 0.717) is 53.0 Å². The normalized spacial score (nSPS) is 16.3. The van der Waals surface area contributed by atoms with Gasteiger partial charge in [-0.1, -0.05) is 23.7 Å². The lowest BCUT2D eigenvalue weighted by molar-refractivity contribution is -0.157. The van der Waals surface area contributed by atoms with Crippen LogP contribution in [-0.4, -0.2) is 88.0 Å². The highest BCUT2D eigenvalue weighted by Gasteiger charge is 2.32. The third kappa shape index (κ3) is 9.20. The molecule has 0 unspecified atom stereocenters. The second kappa shape index (κ2) is 14.8. The summed E-state index contributed by atoms with van der Waals surface area (Å²) in [5.74, 6) is 2.45. The quantitative estimate of drug-likeness (QED) is 0.219. The molecule has 12 nitrogen and oxygen atoms in total. The second-order valence-corrected chi connectivity index (χ2v) is 16.0. The van der Waals surface area contributed by atoms with Gasteiger partial charge in [0.2, 0.25) is 16.0 Å². The predicted octanol–water partition coefficient (Wildman–Crippen LogP) is 5.90. The Morgan fingerprint density at radius 2 is 1.77 bits per heavy atom. The number of carbonyl (C=O) groups excluding carboxylic acids is 1. The average Bonchev–Trinajstić information content (AvgIpc) is 3.00. The molecule has 2 fully saturated rings. The molecule has 3 heterocycles. The lowest BCUT2D eigenvalue weighted by Crippen LogP contribution is -2.50. The van der Waals surface area contributed by atoms with Crippen LogP contribution in [0, 0.1) is 11.8 Å². The zero-order valence-electron chi connectivity index (χ0n) is 28.5. The van der Waals surface area contributed by atoms with Crippen molar-refractivity contribution in [2.75, 3.05) is 73.0 Å². The molecule has 0 radical (unpaired) electrons. The fraction of sp³-hybridized carbons (Fsp3) is 0.500. The van der Waals surface area contributed by atoms with Gasteiger partial charge in [0.15, 0.2) is 5.82 Å². The molecule has 0 bridgehead atoms. The molecule has 0 spiro atoms. The Morgan fingerprint density at radius 3 is 2.44 bits per heavy atom. The van der Waals surface area contributed by atoms with Crippen molar-refractivity contribution in [2.45, 2.75) is 45.6 Å². The number of methoxy groups -OCH3 is 1. The van der Waals surface area contributed by atoms with Crippen molar-refractivity contribution in [3.05, 3.63) is 53.7 Å². The van der Waals surface area contributed by atoms with E-state index in [2.05, 4.69) is 36.5 Å². The highest BCUT2D eigenvalue weighted by atomic mass is 35.5. The van der Waals surface area contributed by atoms with Gasteiger partial charge in [-0.3, -0.25) is 14.0 Å². The number of hydrogen-bond donors (Lipinski definition) is 2. The van der Waals surface area contributed by atoms with Gasteiger partial charge in [0, 0.05) is 45.0 Å². The van der Waals surface area contributed by atoms with Crippen LogP contribution in [0.1, 0.15) is 40.0 Å². The van der Waals surface area contributed by atoms with Crippen LogP contribution >= 0.6 is 11.6 Å². The molecule has 2 N–H and O–H groups in total. The number of nitrogens with one attached hydrogen (secondary N) is 2. The van der Waals surface area contributed by atoms with Gasteiger partial charge >= 0.3 is 5.97 Å². The van der Waals surface area contributed by atoms with Crippen LogP contribution in [0.2, 0.25) is 5.02 Å². The molecule has 0 saturated carbocycles. The first kappa shape index (κ1) is 35.5. The maximum Gasteiger partial charge on any atom is 0.320 e. The third-order valence-corrected chi connectivity index (χ3v) is 10.1. The number of ether oxygens (including phenoxy) is 2. The Kier molecular flexibility index (Phi) is 10.9. The zero-order chi connectivity index (χ0) is 34.6. The van der Waals surface area contributed by atoms with Crippen molar-refractivity contribution in [1.82, 2.24) is 14.9 Å². The van der Waals surface area contributed by atoms with E-state index < -0.39 is 15.6 Å². The average molecular weight is 700 g/mol. The van der Waals surface area contributed by atoms with Gasteiger partial charge in [0.05, 0.1) is 43.2 Å². The number of aromatic nitrogens is 2. The minimum Gasteiger partial charge on any atom is -0.494 e. The lowest BCUT2D eigenvalue weighted by Gasteiger charge is -2.42. The van der Waals surface area contributed by atoms with Crippen molar-refractivity contribution in [3.8, 4) is 5.75 Å². The topological polar surface area (TPSA) is 129 Å². The Hall–Kier alpha value is -3.81. The van der Waals surface area contributed by atoms with Crippen LogP contribution < -0.4 is 24.6 Å². The summed E-state index contributed by atoms with van der Waals surface area (Å²) in [6.07, 6.45) is 6.08. The molecule has 0 aliphatic carbocycles. The summed E-state index contributed by atoms with van der Waals surface area (Å²) in [5.41, 5.74) is 2.32. The molecule has 260 valence electrons. The van der Waals surface area contributed by atoms with Crippen LogP contribution in [0.4, 0.5) is 34.5 Å². The first-order chi connectivity index (χ1) is 22.7. The third-order valence-electron chi connectivity index (χ3n) is 8.62. The number of para-hydroxylation sites is 2. The largest absolute Gasteiger partial charge is 0.494 e. The van der Waals surface area contributed by atoms with Crippen LogP contribution in [0.3, 0.4) is 0 Å². The summed E-state index contributed by atoms with van der Waals surface area (Å²) in [5, 5.41) is 6.66. The number of rotatable bonds is 12. The van der Waals surface area contributed by atoms with Gasteiger partial charge < -0.3 is 25.0 Å². The summed E-state index contributed by atoms with van der Waals surface area (Å²) in [7, 11) is -0.363. The van der Waals surface area contributed by atoms with Crippen LogP contribution in [0.25, 0.3) is 0 Å². The first-order valence-corrected chi connectivity index (χ1v) is 18.4. The lowest BCUT2D eigenvalue weighted by atomic mass is 9.83. The predicted molar refractivity (Wildman–Crippen MR) is 192 cm³/mol. The maximum atomic E-state index is 12.2. The molecular formula is C34H46ClN7O5S. The van der Waals surface area contributed by atoms with Crippen molar-refractivity contribution < 1.29 is 22.7 Å². The Morgan fingerprint density at radius 1 is 1.06 bits per heavy atom. The Balaban J connectivity index is 1.16. The van der Waals surface area contributed by atoms with E-state index in [9.17, 15) is 13.2 Å². The van der Waals surface area contributed by atoms with Gasteiger partial charge in [0.1, 0.15) is 16.4 Å². The minimum atomic E-state index is -3.48. The molecule has 3 aromatic rings. The van der Waals surface area contributed by atoms with Crippen molar-refractivity contribution in [2.24, 2.45) is 11.8 Å². The zero-order valence-corrected chi connectivity index (χ0v) is 30.1. The summed E-state index contributed by atoms with van der Waals surface area (Å²) < 4.78 is 36.8. The number of hydrogen-bond acceptors (Lipinski definition) is 11.